The Morgan fingerprint density at radius 3 is 2.25 bits per heavy atom. The van der Waals surface area contributed by atoms with E-state index in [0.29, 0.717) is 5.69 Å². The third kappa shape index (κ3) is 3.24. The molecular formula is C12H7ClF3N3O. The van der Waals surface area contributed by atoms with Crippen LogP contribution in [0.25, 0.3) is 0 Å². The summed E-state index contributed by atoms with van der Waals surface area (Å²) in [6.07, 6.45) is -1.79. The molecule has 0 aliphatic heterocycles. The van der Waals surface area contributed by atoms with Crippen molar-refractivity contribution >= 4 is 28.3 Å². The van der Waals surface area contributed by atoms with Gasteiger partial charge in [0, 0.05) is 18.1 Å². The predicted octanol–water partition coefficient (Wildman–Crippen LogP) is 3.62. The molecule has 0 unspecified atom stereocenters. The zero-order valence-electron chi connectivity index (χ0n) is 9.78. The maximum Gasteiger partial charge on any atom is 0.416 e. The zero-order valence-corrected chi connectivity index (χ0v) is 10.5. The number of rotatable bonds is 3. The molecule has 104 valence electrons. The molecule has 8 heteroatoms. The van der Waals surface area contributed by atoms with Crippen molar-refractivity contribution in [2.45, 2.75) is 6.18 Å². The van der Waals surface area contributed by atoms with Crippen LogP contribution in [0, 0.1) is 0 Å². The molecule has 1 heterocycles. The van der Waals surface area contributed by atoms with Crippen LogP contribution in [0.4, 0.5) is 24.7 Å². The van der Waals surface area contributed by atoms with Crippen molar-refractivity contribution in [3.8, 4) is 0 Å². The molecule has 0 atom stereocenters. The highest BCUT2D eigenvalue weighted by atomic mass is 35.5. The molecule has 0 saturated heterocycles. The molecule has 0 bridgehead atoms. The molecule has 0 radical (unpaired) electrons. The predicted molar refractivity (Wildman–Crippen MR) is 66.9 cm³/mol. The van der Waals surface area contributed by atoms with E-state index >= 15 is 0 Å². The van der Waals surface area contributed by atoms with Gasteiger partial charge in [-0.25, -0.2) is 9.97 Å². The van der Waals surface area contributed by atoms with Crippen molar-refractivity contribution in [1.82, 2.24) is 9.97 Å². The number of hydrogen-bond donors (Lipinski definition) is 1. The summed E-state index contributed by atoms with van der Waals surface area (Å²) in [5.74, 6) is 0.0762. The Morgan fingerprint density at radius 1 is 1.10 bits per heavy atom. The molecule has 0 spiro atoms. The van der Waals surface area contributed by atoms with E-state index in [1.807, 2.05) is 0 Å². The number of nitrogens with one attached hydrogen (secondary N) is 1. The van der Waals surface area contributed by atoms with E-state index in [-0.39, 0.29) is 11.5 Å². The van der Waals surface area contributed by atoms with Gasteiger partial charge >= 0.3 is 6.18 Å². The Bertz CT molecular complexity index is 629. The van der Waals surface area contributed by atoms with Crippen LogP contribution in [0.1, 0.15) is 16.1 Å². The molecule has 20 heavy (non-hydrogen) atoms. The number of halogens is 4. The normalized spacial score (nSPS) is 11.2. The number of benzene rings is 1. The van der Waals surface area contributed by atoms with Crippen LogP contribution in [0.3, 0.4) is 0 Å². The Hall–Kier alpha value is -2.15. The van der Waals surface area contributed by atoms with E-state index < -0.39 is 17.0 Å². The molecule has 1 aromatic heterocycles. The Morgan fingerprint density at radius 2 is 1.70 bits per heavy atom. The summed E-state index contributed by atoms with van der Waals surface area (Å²) in [7, 11) is 0. The van der Waals surface area contributed by atoms with Gasteiger partial charge in [0.25, 0.3) is 5.24 Å². The van der Waals surface area contributed by atoms with Gasteiger partial charge in [0.2, 0.25) is 0 Å². The van der Waals surface area contributed by atoms with Crippen LogP contribution in [0.5, 0.6) is 0 Å². The molecule has 0 saturated carbocycles. The summed E-state index contributed by atoms with van der Waals surface area (Å²) < 4.78 is 37.2. The fraction of sp³-hybridized carbons (Fsp3) is 0.0833. The first-order valence-corrected chi connectivity index (χ1v) is 5.71. The lowest BCUT2D eigenvalue weighted by molar-refractivity contribution is -0.137. The highest BCUT2D eigenvalue weighted by Gasteiger charge is 2.29. The fourth-order valence-electron chi connectivity index (χ4n) is 1.45. The number of aromatic nitrogens is 2. The molecule has 2 rings (SSSR count). The average Bonchev–Trinajstić information content (AvgIpc) is 2.38. The summed E-state index contributed by atoms with van der Waals surface area (Å²) in [4.78, 5) is 18.7. The minimum absolute atomic E-state index is 0.0762. The quantitative estimate of drug-likeness (QED) is 0.880. The number of hydrogen-bond acceptors (Lipinski definition) is 4. The number of carbonyl (C=O) groups is 1. The van der Waals surface area contributed by atoms with E-state index in [4.69, 9.17) is 11.6 Å². The van der Waals surface area contributed by atoms with Crippen molar-refractivity contribution in [3.63, 3.8) is 0 Å². The van der Waals surface area contributed by atoms with Crippen LogP contribution in [-0.2, 0) is 6.18 Å². The van der Waals surface area contributed by atoms with Crippen LogP contribution in [0.2, 0.25) is 0 Å². The Kier molecular flexibility index (Phi) is 3.89. The van der Waals surface area contributed by atoms with Gasteiger partial charge in [0.15, 0.2) is 11.5 Å². The van der Waals surface area contributed by atoms with Gasteiger partial charge in [-0.1, -0.05) is 0 Å². The van der Waals surface area contributed by atoms with Gasteiger partial charge in [-0.05, 0) is 35.9 Å². The van der Waals surface area contributed by atoms with Crippen LogP contribution in [-0.4, -0.2) is 15.2 Å². The second-order valence-electron chi connectivity index (χ2n) is 3.73. The molecule has 0 aliphatic carbocycles. The summed E-state index contributed by atoms with van der Waals surface area (Å²) in [5, 5.41) is 1.87. The minimum Gasteiger partial charge on any atom is -0.338 e. The number of alkyl halides is 3. The summed E-state index contributed by atoms with van der Waals surface area (Å²) in [6, 6.07) is 4.28. The van der Waals surface area contributed by atoms with Gasteiger partial charge in [-0.3, -0.25) is 4.79 Å². The summed E-state index contributed by atoms with van der Waals surface area (Å²) >= 11 is 5.33. The first kappa shape index (κ1) is 14.3. The van der Waals surface area contributed by atoms with Crippen LogP contribution >= 0.6 is 11.6 Å². The summed E-state index contributed by atoms with van der Waals surface area (Å²) in [6.45, 7) is 0. The molecule has 1 aromatic carbocycles. The molecule has 4 nitrogen and oxygen atoms in total. The third-order valence-corrected chi connectivity index (χ3v) is 2.54. The molecule has 1 N–H and O–H groups in total. The Balaban J connectivity index is 2.25. The largest absolute Gasteiger partial charge is 0.416 e. The molecule has 0 aliphatic rings. The Labute approximate surface area is 116 Å². The first-order chi connectivity index (χ1) is 9.38. The highest BCUT2D eigenvalue weighted by Crippen LogP contribution is 2.30. The van der Waals surface area contributed by atoms with Gasteiger partial charge < -0.3 is 5.32 Å². The highest BCUT2D eigenvalue weighted by molar-refractivity contribution is 6.68. The van der Waals surface area contributed by atoms with Crippen molar-refractivity contribution in [2.75, 3.05) is 5.32 Å². The average molecular weight is 302 g/mol. The van der Waals surface area contributed by atoms with Crippen molar-refractivity contribution in [1.29, 1.82) is 0 Å². The zero-order chi connectivity index (χ0) is 14.8. The van der Waals surface area contributed by atoms with Crippen molar-refractivity contribution in [2.24, 2.45) is 0 Å². The molecule has 0 fully saturated rings. The monoisotopic (exact) mass is 301 g/mol. The first-order valence-electron chi connectivity index (χ1n) is 5.33. The van der Waals surface area contributed by atoms with E-state index in [1.54, 1.807) is 0 Å². The number of carbonyl (C=O) groups excluding carboxylic acids is 1. The second-order valence-corrected chi connectivity index (χ2v) is 4.07. The molecule has 2 aromatic rings. The van der Waals surface area contributed by atoms with Crippen molar-refractivity contribution in [3.05, 3.63) is 47.9 Å². The SMILES string of the molecule is O=C(Cl)c1nccnc1Nc1ccc(C(F)(F)F)cc1. The smallest absolute Gasteiger partial charge is 0.338 e. The maximum atomic E-state index is 12.4. The minimum atomic E-state index is -4.40. The number of nitrogens with zero attached hydrogens (tertiary/aromatic N) is 2. The number of anilines is 2. The molecule has 0 amide bonds. The van der Waals surface area contributed by atoms with E-state index in [2.05, 4.69) is 15.3 Å². The van der Waals surface area contributed by atoms with Gasteiger partial charge in [-0.15, -0.1) is 0 Å². The van der Waals surface area contributed by atoms with Gasteiger partial charge in [0.05, 0.1) is 5.56 Å². The maximum absolute atomic E-state index is 12.4. The van der Waals surface area contributed by atoms with E-state index in [0.717, 1.165) is 12.1 Å². The lowest BCUT2D eigenvalue weighted by Gasteiger charge is -2.10. The molecular weight excluding hydrogens is 295 g/mol. The van der Waals surface area contributed by atoms with Gasteiger partial charge in [0.1, 0.15) is 0 Å². The van der Waals surface area contributed by atoms with E-state index in [1.165, 1.54) is 24.5 Å². The lowest BCUT2D eigenvalue weighted by Crippen LogP contribution is -2.06. The summed E-state index contributed by atoms with van der Waals surface area (Å²) in [5.41, 5.74) is -0.539. The van der Waals surface area contributed by atoms with Crippen molar-refractivity contribution < 1.29 is 18.0 Å². The topological polar surface area (TPSA) is 54.9 Å². The fourth-order valence-corrected chi connectivity index (χ4v) is 1.59. The van der Waals surface area contributed by atoms with E-state index in [9.17, 15) is 18.0 Å². The lowest BCUT2D eigenvalue weighted by atomic mass is 10.2. The third-order valence-electron chi connectivity index (χ3n) is 2.36. The van der Waals surface area contributed by atoms with Crippen LogP contribution in [0.15, 0.2) is 36.7 Å². The van der Waals surface area contributed by atoms with Gasteiger partial charge in [-0.2, -0.15) is 13.2 Å². The second kappa shape index (κ2) is 5.46. The standard InChI is InChI=1S/C12H7ClF3N3O/c13-10(20)9-11(18-6-5-17-9)19-8-3-1-7(2-4-8)12(14,15)16/h1-6H,(H,18,19). The van der Waals surface area contributed by atoms with Crippen LogP contribution < -0.4 is 5.32 Å².